The van der Waals surface area contributed by atoms with Crippen LogP contribution in [-0.4, -0.2) is 27.5 Å². The molecule has 2 aromatic carbocycles. The molecule has 0 saturated heterocycles. The van der Waals surface area contributed by atoms with Gasteiger partial charge in [-0.2, -0.15) is 4.72 Å². The number of aryl methyl sites for hydroxylation is 1. The largest absolute Gasteiger partial charge is 0.495 e. The van der Waals surface area contributed by atoms with Gasteiger partial charge in [-0.05, 0) is 43.2 Å². The van der Waals surface area contributed by atoms with Crippen LogP contribution in [0.1, 0.15) is 18.1 Å². The number of carbonyl (C=O) groups is 1. The molecule has 0 aliphatic carbocycles. The minimum atomic E-state index is -3.92. The number of halogens is 1. The highest BCUT2D eigenvalue weighted by Crippen LogP contribution is 2.24. The summed E-state index contributed by atoms with van der Waals surface area (Å²) in [5.74, 6) is -0.244. The lowest BCUT2D eigenvalue weighted by Gasteiger charge is -2.16. The molecule has 0 aromatic heterocycles. The summed E-state index contributed by atoms with van der Waals surface area (Å²) in [6, 6.07) is 11.0. The Morgan fingerprint density at radius 2 is 1.92 bits per heavy atom. The van der Waals surface area contributed by atoms with Crippen molar-refractivity contribution in [2.45, 2.75) is 31.3 Å². The second-order valence-corrected chi connectivity index (χ2v) is 7.90. The maximum absolute atomic E-state index is 12.6. The lowest BCUT2D eigenvalue weighted by molar-refractivity contribution is -0.122. The summed E-state index contributed by atoms with van der Waals surface area (Å²) in [6.45, 7) is 3.46. The first-order valence-electron chi connectivity index (χ1n) is 7.92. The van der Waals surface area contributed by atoms with Gasteiger partial charge in [0.1, 0.15) is 10.6 Å². The zero-order chi connectivity index (χ0) is 19.3. The molecule has 0 spiro atoms. The number of methoxy groups -OCH3 is 1. The maximum Gasteiger partial charge on any atom is 0.244 e. The Balaban J connectivity index is 2.08. The van der Waals surface area contributed by atoms with Gasteiger partial charge in [0.2, 0.25) is 15.9 Å². The molecular weight excluding hydrogens is 376 g/mol. The first-order valence-corrected chi connectivity index (χ1v) is 9.79. The molecule has 140 valence electrons. The Morgan fingerprint density at radius 1 is 1.23 bits per heavy atom. The highest BCUT2D eigenvalue weighted by Gasteiger charge is 2.25. The van der Waals surface area contributed by atoms with E-state index < -0.39 is 22.0 Å². The van der Waals surface area contributed by atoms with E-state index in [4.69, 9.17) is 16.3 Å². The summed E-state index contributed by atoms with van der Waals surface area (Å²) in [4.78, 5) is 12.2. The first kappa shape index (κ1) is 20.2. The van der Waals surface area contributed by atoms with E-state index in [9.17, 15) is 13.2 Å². The molecule has 0 fully saturated rings. The van der Waals surface area contributed by atoms with Crippen molar-refractivity contribution in [2.24, 2.45) is 0 Å². The van der Waals surface area contributed by atoms with E-state index in [1.54, 1.807) is 37.3 Å². The third-order valence-corrected chi connectivity index (χ3v) is 5.68. The molecule has 0 heterocycles. The molecule has 0 aliphatic heterocycles. The number of amides is 1. The van der Waals surface area contributed by atoms with Gasteiger partial charge in [-0.25, -0.2) is 8.42 Å². The van der Waals surface area contributed by atoms with Crippen LogP contribution in [0.3, 0.4) is 0 Å². The zero-order valence-corrected chi connectivity index (χ0v) is 16.3. The number of ether oxygens (including phenoxy) is 1. The first-order chi connectivity index (χ1) is 12.2. The van der Waals surface area contributed by atoms with Crippen LogP contribution < -0.4 is 14.8 Å². The van der Waals surface area contributed by atoms with Crippen molar-refractivity contribution in [1.29, 1.82) is 0 Å². The molecule has 0 saturated carbocycles. The topological polar surface area (TPSA) is 84.5 Å². The summed E-state index contributed by atoms with van der Waals surface area (Å²) < 4.78 is 32.7. The fourth-order valence-electron chi connectivity index (χ4n) is 2.32. The normalized spacial score (nSPS) is 12.5. The van der Waals surface area contributed by atoms with Crippen molar-refractivity contribution in [3.05, 3.63) is 58.6 Å². The molecule has 0 aliphatic rings. The van der Waals surface area contributed by atoms with Crippen LogP contribution in [0.4, 0.5) is 0 Å². The third kappa shape index (κ3) is 4.97. The number of carbonyl (C=O) groups excluding carboxylic acids is 1. The van der Waals surface area contributed by atoms with Gasteiger partial charge < -0.3 is 10.1 Å². The van der Waals surface area contributed by atoms with Crippen molar-refractivity contribution in [3.63, 3.8) is 0 Å². The average molecular weight is 397 g/mol. The third-order valence-electron chi connectivity index (χ3n) is 3.74. The standard InChI is InChI=1S/C18H21ClN2O4S/c1-12-8-9-16(25-3)17(10-12)26(23,24)21-13(2)18(22)20-11-14-6-4-5-7-15(14)19/h4-10,13,21H,11H2,1-3H3,(H,20,22)/t13-/m0/s1. The molecule has 1 atom stereocenters. The fraction of sp³-hybridized carbons (Fsp3) is 0.278. The van der Waals surface area contributed by atoms with Crippen molar-refractivity contribution < 1.29 is 17.9 Å². The summed E-state index contributed by atoms with van der Waals surface area (Å²) in [6.07, 6.45) is 0. The van der Waals surface area contributed by atoms with E-state index in [1.807, 2.05) is 6.07 Å². The van der Waals surface area contributed by atoms with Crippen LogP contribution in [0.5, 0.6) is 5.75 Å². The highest BCUT2D eigenvalue weighted by molar-refractivity contribution is 7.89. The second-order valence-electron chi connectivity index (χ2n) is 5.81. The smallest absolute Gasteiger partial charge is 0.244 e. The maximum atomic E-state index is 12.6. The van der Waals surface area contributed by atoms with Gasteiger partial charge in [0.05, 0.1) is 13.2 Å². The Labute approximate surface area is 158 Å². The van der Waals surface area contributed by atoms with Crippen molar-refractivity contribution in [2.75, 3.05) is 7.11 Å². The van der Waals surface area contributed by atoms with Crippen LogP contribution in [0, 0.1) is 6.92 Å². The zero-order valence-electron chi connectivity index (χ0n) is 14.7. The Hall–Kier alpha value is -2.09. The molecule has 8 heteroatoms. The molecule has 6 nitrogen and oxygen atoms in total. The van der Waals surface area contributed by atoms with Crippen LogP contribution in [0.2, 0.25) is 5.02 Å². The predicted molar refractivity (Wildman–Crippen MR) is 101 cm³/mol. The van der Waals surface area contributed by atoms with Gasteiger partial charge in [-0.1, -0.05) is 35.9 Å². The summed E-state index contributed by atoms with van der Waals surface area (Å²) in [5.41, 5.74) is 1.51. The molecule has 2 rings (SSSR count). The lowest BCUT2D eigenvalue weighted by Crippen LogP contribution is -2.44. The predicted octanol–water partition coefficient (Wildman–Crippen LogP) is 2.64. The second kappa shape index (κ2) is 8.53. The number of sulfonamides is 1. The van der Waals surface area contributed by atoms with Crippen LogP contribution >= 0.6 is 11.6 Å². The van der Waals surface area contributed by atoms with Crippen LogP contribution in [-0.2, 0) is 21.4 Å². The molecule has 0 radical (unpaired) electrons. The van der Waals surface area contributed by atoms with Crippen molar-refractivity contribution in [1.82, 2.24) is 10.0 Å². The van der Waals surface area contributed by atoms with Gasteiger partial charge in [-0.15, -0.1) is 0 Å². The molecule has 1 amide bonds. The Bertz CT molecular complexity index is 900. The van der Waals surface area contributed by atoms with E-state index in [1.165, 1.54) is 20.1 Å². The van der Waals surface area contributed by atoms with Gasteiger partial charge in [0.25, 0.3) is 0 Å². The van der Waals surface area contributed by atoms with E-state index in [2.05, 4.69) is 10.0 Å². The summed E-state index contributed by atoms with van der Waals surface area (Å²) >= 11 is 6.05. The number of benzene rings is 2. The minimum Gasteiger partial charge on any atom is -0.495 e. The van der Waals surface area contributed by atoms with Crippen molar-refractivity contribution >= 4 is 27.5 Å². The van der Waals surface area contributed by atoms with E-state index in [0.717, 1.165) is 11.1 Å². The summed E-state index contributed by atoms with van der Waals surface area (Å²) in [5, 5.41) is 3.20. The fourth-order valence-corrected chi connectivity index (χ4v) is 3.98. The quantitative estimate of drug-likeness (QED) is 0.753. The SMILES string of the molecule is COc1ccc(C)cc1S(=O)(=O)N[C@@H](C)C(=O)NCc1ccccc1Cl. The monoisotopic (exact) mass is 396 g/mol. The van der Waals surface area contributed by atoms with Gasteiger partial charge >= 0.3 is 0 Å². The lowest BCUT2D eigenvalue weighted by atomic mass is 10.2. The Kier molecular flexibility index (Phi) is 6.63. The molecule has 26 heavy (non-hydrogen) atoms. The molecular formula is C18H21ClN2O4S. The Morgan fingerprint density at radius 3 is 2.58 bits per heavy atom. The van der Waals surface area contributed by atoms with Gasteiger partial charge in [-0.3, -0.25) is 4.79 Å². The van der Waals surface area contributed by atoms with Gasteiger partial charge in [0, 0.05) is 11.6 Å². The van der Waals surface area contributed by atoms with E-state index >= 15 is 0 Å². The molecule has 0 unspecified atom stereocenters. The van der Waals surface area contributed by atoms with Crippen molar-refractivity contribution in [3.8, 4) is 5.75 Å². The van der Waals surface area contributed by atoms with Gasteiger partial charge in [0.15, 0.2) is 0 Å². The molecule has 0 bridgehead atoms. The van der Waals surface area contributed by atoms with Crippen LogP contribution in [0.25, 0.3) is 0 Å². The molecule has 2 N–H and O–H groups in total. The number of nitrogens with one attached hydrogen (secondary N) is 2. The average Bonchev–Trinajstić information content (AvgIpc) is 2.60. The van der Waals surface area contributed by atoms with E-state index in [-0.39, 0.29) is 17.2 Å². The highest BCUT2D eigenvalue weighted by atomic mass is 35.5. The minimum absolute atomic E-state index is 0.00856. The number of rotatable bonds is 7. The van der Waals surface area contributed by atoms with E-state index in [0.29, 0.717) is 5.02 Å². The van der Waals surface area contributed by atoms with Crippen LogP contribution in [0.15, 0.2) is 47.4 Å². The molecule has 2 aromatic rings. The number of hydrogen-bond donors (Lipinski definition) is 2. The summed E-state index contributed by atoms with van der Waals surface area (Å²) in [7, 11) is -2.53. The number of hydrogen-bond acceptors (Lipinski definition) is 4.